The van der Waals surface area contributed by atoms with Gasteiger partial charge in [-0.3, -0.25) is 0 Å². The van der Waals surface area contributed by atoms with E-state index >= 15 is 0 Å². The van der Waals surface area contributed by atoms with Crippen LogP contribution in [-0.2, 0) is 6.42 Å². The summed E-state index contributed by atoms with van der Waals surface area (Å²) in [5.41, 5.74) is 3.09. The van der Waals surface area contributed by atoms with Crippen molar-refractivity contribution >= 4 is 15.9 Å². The summed E-state index contributed by atoms with van der Waals surface area (Å²) < 4.78 is 14.9. The molecule has 112 valence electrons. The van der Waals surface area contributed by atoms with Gasteiger partial charge in [-0.2, -0.15) is 0 Å². The minimum Gasteiger partial charge on any atom is -0.306 e. The van der Waals surface area contributed by atoms with E-state index in [-0.39, 0.29) is 11.9 Å². The van der Waals surface area contributed by atoms with Crippen LogP contribution in [0.3, 0.4) is 0 Å². The molecule has 0 amide bonds. The van der Waals surface area contributed by atoms with Crippen molar-refractivity contribution in [2.75, 3.05) is 6.54 Å². The van der Waals surface area contributed by atoms with Crippen LogP contribution < -0.4 is 5.32 Å². The SMILES string of the molecule is CCCc1ccc(C(NCC)c2cccc(Br)c2F)cc1. The topological polar surface area (TPSA) is 12.0 Å². The first-order valence-corrected chi connectivity index (χ1v) is 8.22. The molecule has 0 aliphatic rings. The summed E-state index contributed by atoms with van der Waals surface area (Å²) in [7, 11) is 0. The van der Waals surface area contributed by atoms with Crippen molar-refractivity contribution in [1.29, 1.82) is 0 Å². The maximum atomic E-state index is 14.4. The molecule has 21 heavy (non-hydrogen) atoms. The zero-order chi connectivity index (χ0) is 15.2. The Labute approximate surface area is 134 Å². The quantitative estimate of drug-likeness (QED) is 0.751. The van der Waals surface area contributed by atoms with E-state index in [1.807, 2.05) is 19.1 Å². The highest BCUT2D eigenvalue weighted by Gasteiger charge is 2.18. The van der Waals surface area contributed by atoms with Gasteiger partial charge in [-0.05, 0) is 46.1 Å². The molecule has 2 aromatic carbocycles. The Morgan fingerprint density at radius 2 is 1.81 bits per heavy atom. The van der Waals surface area contributed by atoms with Crippen molar-refractivity contribution in [1.82, 2.24) is 5.32 Å². The van der Waals surface area contributed by atoms with Crippen LogP contribution in [0, 0.1) is 5.82 Å². The third-order valence-corrected chi connectivity index (χ3v) is 4.16. The lowest BCUT2D eigenvalue weighted by molar-refractivity contribution is 0.555. The predicted octanol–water partition coefficient (Wildman–Crippen LogP) is 5.24. The Hall–Kier alpha value is -1.19. The monoisotopic (exact) mass is 349 g/mol. The van der Waals surface area contributed by atoms with Gasteiger partial charge in [0.1, 0.15) is 5.82 Å². The average Bonchev–Trinajstić information content (AvgIpc) is 2.49. The second kappa shape index (κ2) is 7.71. The molecule has 0 saturated heterocycles. The number of rotatable bonds is 6. The molecule has 0 aromatic heterocycles. The van der Waals surface area contributed by atoms with E-state index < -0.39 is 0 Å². The van der Waals surface area contributed by atoms with Gasteiger partial charge in [-0.25, -0.2) is 4.39 Å². The van der Waals surface area contributed by atoms with Crippen LogP contribution in [-0.4, -0.2) is 6.54 Å². The summed E-state index contributed by atoms with van der Waals surface area (Å²) in [6, 6.07) is 13.8. The lowest BCUT2D eigenvalue weighted by Gasteiger charge is -2.20. The van der Waals surface area contributed by atoms with E-state index in [9.17, 15) is 4.39 Å². The highest BCUT2D eigenvalue weighted by molar-refractivity contribution is 9.10. The van der Waals surface area contributed by atoms with Crippen molar-refractivity contribution in [2.24, 2.45) is 0 Å². The molecule has 3 heteroatoms. The minimum atomic E-state index is -0.193. The van der Waals surface area contributed by atoms with Gasteiger partial charge in [0.05, 0.1) is 10.5 Å². The van der Waals surface area contributed by atoms with Gasteiger partial charge < -0.3 is 5.32 Å². The zero-order valence-corrected chi connectivity index (χ0v) is 14.1. The minimum absolute atomic E-state index is 0.122. The lowest BCUT2D eigenvalue weighted by Crippen LogP contribution is -2.23. The molecule has 0 spiro atoms. The average molecular weight is 350 g/mol. The second-order valence-electron chi connectivity index (χ2n) is 5.13. The Morgan fingerprint density at radius 1 is 1.10 bits per heavy atom. The van der Waals surface area contributed by atoms with Crippen LogP contribution in [0.5, 0.6) is 0 Å². The van der Waals surface area contributed by atoms with Crippen molar-refractivity contribution in [3.8, 4) is 0 Å². The third kappa shape index (κ3) is 3.92. The van der Waals surface area contributed by atoms with Crippen LogP contribution in [0.25, 0.3) is 0 Å². The number of hydrogen-bond donors (Lipinski definition) is 1. The van der Waals surface area contributed by atoms with Gasteiger partial charge in [0, 0.05) is 5.56 Å². The summed E-state index contributed by atoms with van der Waals surface area (Å²) in [5.74, 6) is -0.193. The van der Waals surface area contributed by atoms with E-state index in [4.69, 9.17) is 0 Å². The van der Waals surface area contributed by atoms with E-state index in [2.05, 4.69) is 52.4 Å². The molecule has 0 fully saturated rings. The summed E-state index contributed by atoms with van der Waals surface area (Å²) in [4.78, 5) is 0. The summed E-state index contributed by atoms with van der Waals surface area (Å²) in [6.45, 7) is 4.99. The van der Waals surface area contributed by atoms with Crippen molar-refractivity contribution in [2.45, 2.75) is 32.7 Å². The number of benzene rings is 2. The van der Waals surface area contributed by atoms with Gasteiger partial charge >= 0.3 is 0 Å². The van der Waals surface area contributed by atoms with E-state index in [1.165, 1.54) is 5.56 Å². The fourth-order valence-electron chi connectivity index (χ4n) is 2.52. The molecule has 0 heterocycles. The highest BCUT2D eigenvalue weighted by atomic mass is 79.9. The maximum absolute atomic E-state index is 14.4. The Bertz CT molecular complexity index is 580. The molecule has 0 aliphatic heterocycles. The maximum Gasteiger partial charge on any atom is 0.142 e. The van der Waals surface area contributed by atoms with E-state index in [1.54, 1.807) is 6.07 Å². The molecule has 0 saturated carbocycles. The fourth-order valence-corrected chi connectivity index (χ4v) is 2.90. The van der Waals surface area contributed by atoms with Crippen molar-refractivity contribution in [3.63, 3.8) is 0 Å². The van der Waals surface area contributed by atoms with Gasteiger partial charge in [-0.1, -0.05) is 56.7 Å². The third-order valence-electron chi connectivity index (χ3n) is 3.55. The molecule has 2 aromatic rings. The first-order chi connectivity index (χ1) is 10.2. The molecule has 0 aliphatic carbocycles. The summed E-state index contributed by atoms with van der Waals surface area (Å²) >= 11 is 3.27. The molecular weight excluding hydrogens is 329 g/mol. The van der Waals surface area contributed by atoms with Crippen molar-refractivity contribution in [3.05, 3.63) is 69.4 Å². The standard InChI is InChI=1S/C18H21BrFN/c1-3-6-13-9-11-14(12-10-13)18(21-4-2)15-7-5-8-16(19)17(15)20/h5,7-12,18,21H,3-4,6H2,1-2H3. The second-order valence-corrected chi connectivity index (χ2v) is 5.98. The lowest BCUT2D eigenvalue weighted by atomic mass is 9.96. The van der Waals surface area contributed by atoms with E-state index in [0.29, 0.717) is 10.0 Å². The van der Waals surface area contributed by atoms with Gasteiger partial charge in [0.15, 0.2) is 0 Å². The number of hydrogen-bond acceptors (Lipinski definition) is 1. The summed E-state index contributed by atoms with van der Waals surface area (Å²) in [5, 5.41) is 3.37. The van der Waals surface area contributed by atoms with E-state index in [0.717, 1.165) is 24.9 Å². The smallest absolute Gasteiger partial charge is 0.142 e. The van der Waals surface area contributed by atoms with Crippen molar-refractivity contribution < 1.29 is 4.39 Å². The molecule has 0 bridgehead atoms. The number of halogens is 2. The van der Waals surface area contributed by atoms with Crippen LogP contribution in [0.2, 0.25) is 0 Å². The molecular formula is C18H21BrFN. The molecule has 1 atom stereocenters. The van der Waals surface area contributed by atoms with Crippen LogP contribution in [0.4, 0.5) is 4.39 Å². The Balaban J connectivity index is 2.36. The number of aryl methyl sites for hydroxylation is 1. The Kier molecular flexibility index (Phi) is 5.95. The predicted molar refractivity (Wildman–Crippen MR) is 90.1 cm³/mol. The highest BCUT2D eigenvalue weighted by Crippen LogP contribution is 2.28. The normalized spacial score (nSPS) is 12.4. The first-order valence-electron chi connectivity index (χ1n) is 7.43. The molecule has 1 nitrogen and oxygen atoms in total. The fraction of sp³-hybridized carbons (Fsp3) is 0.333. The van der Waals surface area contributed by atoms with Gasteiger partial charge in [0.2, 0.25) is 0 Å². The van der Waals surface area contributed by atoms with Gasteiger partial charge in [-0.15, -0.1) is 0 Å². The largest absolute Gasteiger partial charge is 0.306 e. The van der Waals surface area contributed by atoms with Gasteiger partial charge in [0.25, 0.3) is 0 Å². The Morgan fingerprint density at radius 3 is 2.43 bits per heavy atom. The van der Waals surface area contributed by atoms with Crippen LogP contribution >= 0.6 is 15.9 Å². The van der Waals surface area contributed by atoms with Crippen LogP contribution in [0.15, 0.2) is 46.9 Å². The number of nitrogens with one attached hydrogen (secondary N) is 1. The molecule has 1 N–H and O–H groups in total. The first kappa shape index (κ1) is 16.2. The molecule has 2 rings (SSSR count). The zero-order valence-electron chi connectivity index (χ0n) is 12.5. The molecule has 1 unspecified atom stereocenters. The van der Waals surface area contributed by atoms with Crippen LogP contribution in [0.1, 0.15) is 43.0 Å². The summed E-state index contributed by atoms with van der Waals surface area (Å²) in [6.07, 6.45) is 2.22. The molecule has 0 radical (unpaired) electrons.